The summed E-state index contributed by atoms with van der Waals surface area (Å²) in [5.74, 6) is 0.528. The third-order valence-corrected chi connectivity index (χ3v) is 3.44. The predicted octanol–water partition coefficient (Wildman–Crippen LogP) is 4.61. The third kappa shape index (κ3) is 4.77. The molecule has 0 aliphatic rings. The van der Waals surface area contributed by atoms with Gasteiger partial charge < -0.3 is 5.32 Å². The van der Waals surface area contributed by atoms with Crippen molar-refractivity contribution in [3.63, 3.8) is 0 Å². The molecule has 0 saturated heterocycles. The van der Waals surface area contributed by atoms with Gasteiger partial charge in [0.1, 0.15) is 5.82 Å². The van der Waals surface area contributed by atoms with Crippen LogP contribution < -0.4 is 5.32 Å². The second-order valence-corrected chi connectivity index (χ2v) is 5.32. The molecule has 0 radical (unpaired) electrons. The van der Waals surface area contributed by atoms with Crippen molar-refractivity contribution in [3.05, 3.63) is 35.1 Å². The zero-order chi connectivity index (χ0) is 13.5. The predicted molar refractivity (Wildman–Crippen MR) is 76.2 cm³/mol. The fourth-order valence-corrected chi connectivity index (χ4v) is 2.19. The van der Waals surface area contributed by atoms with Crippen molar-refractivity contribution in [2.75, 3.05) is 6.54 Å². The van der Waals surface area contributed by atoms with E-state index in [1.54, 1.807) is 12.1 Å². The van der Waals surface area contributed by atoms with Crippen molar-refractivity contribution >= 4 is 0 Å². The molecule has 0 heterocycles. The second-order valence-electron chi connectivity index (χ2n) is 5.32. The standard InChI is InChI=1S/C16H26FN/c1-5-7-18-16(10-12(3)6-2)14-8-13(4)9-15(17)11-14/h8-9,11-12,16,18H,5-7,10H2,1-4H3. The van der Waals surface area contributed by atoms with E-state index in [-0.39, 0.29) is 11.9 Å². The van der Waals surface area contributed by atoms with Crippen molar-refractivity contribution in [2.45, 2.75) is 53.0 Å². The maximum absolute atomic E-state index is 13.5. The van der Waals surface area contributed by atoms with Crippen LogP contribution in [0.3, 0.4) is 0 Å². The molecule has 0 saturated carbocycles. The first-order chi connectivity index (χ1) is 8.56. The van der Waals surface area contributed by atoms with E-state index in [0.29, 0.717) is 5.92 Å². The number of benzene rings is 1. The summed E-state index contributed by atoms with van der Waals surface area (Å²) in [4.78, 5) is 0. The monoisotopic (exact) mass is 251 g/mol. The third-order valence-electron chi connectivity index (χ3n) is 3.44. The van der Waals surface area contributed by atoms with Crippen molar-refractivity contribution in [3.8, 4) is 0 Å². The second kappa shape index (κ2) is 7.52. The van der Waals surface area contributed by atoms with Crippen molar-refractivity contribution in [1.29, 1.82) is 0 Å². The van der Waals surface area contributed by atoms with Crippen LogP contribution in [0, 0.1) is 18.7 Å². The molecule has 0 bridgehead atoms. The van der Waals surface area contributed by atoms with Gasteiger partial charge in [0.2, 0.25) is 0 Å². The minimum Gasteiger partial charge on any atom is -0.310 e. The fraction of sp³-hybridized carbons (Fsp3) is 0.625. The van der Waals surface area contributed by atoms with Gasteiger partial charge in [0.25, 0.3) is 0 Å². The van der Waals surface area contributed by atoms with Gasteiger partial charge in [0.05, 0.1) is 0 Å². The summed E-state index contributed by atoms with van der Waals surface area (Å²) in [6.45, 7) is 9.55. The van der Waals surface area contributed by atoms with Crippen LogP contribution >= 0.6 is 0 Å². The molecule has 2 heteroatoms. The molecule has 2 unspecified atom stereocenters. The molecule has 102 valence electrons. The molecule has 0 aliphatic heterocycles. The number of halogens is 1. The maximum atomic E-state index is 13.5. The van der Waals surface area contributed by atoms with E-state index in [1.165, 1.54) is 6.42 Å². The molecule has 1 rings (SSSR count). The summed E-state index contributed by atoms with van der Waals surface area (Å²) in [7, 11) is 0. The first kappa shape index (κ1) is 15.2. The van der Waals surface area contributed by atoms with Crippen LogP contribution in [0.2, 0.25) is 0 Å². The van der Waals surface area contributed by atoms with Gasteiger partial charge in [0, 0.05) is 6.04 Å². The molecule has 0 amide bonds. The molecule has 18 heavy (non-hydrogen) atoms. The van der Waals surface area contributed by atoms with Gasteiger partial charge in [-0.25, -0.2) is 4.39 Å². The van der Waals surface area contributed by atoms with Gasteiger partial charge in [0.15, 0.2) is 0 Å². The molecule has 1 N–H and O–H groups in total. The van der Waals surface area contributed by atoms with E-state index >= 15 is 0 Å². The van der Waals surface area contributed by atoms with E-state index in [9.17, 15) is 4.39 Å². The molecular weight excluding hydrogens is 225 g/mol. The molecule has 0 aromatic heterocycles. The number of hydrogen-bond acceptors (Lipinski definition) is 1. The van der Waals surface area contributed by atoms with Crippen LogP contribution in [0.15, 0.2) is 18.2 Å². The Morgan fingerprint density at radius 1 is 1.22 bits per heavy atom. The van der Waals surface area contributed by atoms with Gasteiger partial charge in [-0.05, 0) is 55.5 Å². The first-order valence-electron chi connectivity index (χ1n) is 7.07. The number of nitrogens with one attached hydrogen (secondary N) is 1. The Labute approximate surface area is 111 Å². The van der Waals surface area contributed by atoms with E-state index in [1.807, 2.05) is 6.92 Å². The van der Waals surface area contributed by atoms with Crippen molar-refractivity contribution < 1.29 is 4.39 Å². The van der Waals surface area contributed by atoms with Crippen LogP contribution in [0.1, 0.15) is 57.2 Å². The average molecular weight is 251 g/mol. The lowest BCUT2D eigenvalue weighted by Gasteiger charge is -2.22. The van der Waals surface area contributed by atoms with E-state index in [4.69, 9.17) is 0 Å². The number of rotatable bonds is 7. The van der Waals surface area contributed by atoms with E-state index < -0.39 is 0 Å². The smallest absolute Gasteiger partial charge is 0.123 e. The first-order valence-corrected chi connectivity index (χ1v) is 7.07. The quantitative estimate of drug-likeness (QED) is 0.746. The lowest BCUT2D eigenvalue weighted by atomic mass is 9.93. The summed E-state index contributed by atoms with van der Waals surface area (Å²) < 4.78 is 13.5. The molecule has 0 aliphatic carbocycles. The molecule has 1 aromatic carbocycles. The highest BCUT2D eigenvalue weighted by Crippen LogP contribution is 2.24. The van der Waals surface area contributed by atoms with Crippen molar-refractivity contribution in [1.82, 2.24) is 5.32 Å². The van der Waals surface area contributed by atoms with Crippen LogP contribution in [0.4, 0.5) is 4.39 Å². The lowest BCUT2D eigenvalue weighted by Crippen LogP contribution is -2.24. The molecule has 1 nitrogen and oxygen atoms in total. The van der Waals surface area contributed by atoms with E-state index in [2.05, 4.69) is 32.2 Å². The van der Waals surface area contributed by atoms with Crippen LogP contribution in [-0.4, -0.2) is 6.54 Å². The Bertz CT molecular complexity index is 342. The molecule has 0 fully saturated rings. The Morgan fingerprint density at radius 3 is 2.50 bits per heavy atom. The minimum absolute atomic E-state index is 0.127. The highest BCUT2D eigenvalue weighted by atomic mass is 19.1. The highest BCUT2D eigenvalue weighted by molar-refractivity contribution is 5.26. The van der Waals surface area contributed by atoms with Gasteiger partial charge in [-0.3, -0.25) is 0 Å². The number of aryl methyl sites for hydroxylation is 1. The summed E-state index contributed by atoms with van der Waals surface area (Å²) >= 11 is 0. The topological polar surface area (TPSA) is 12.0 Å². The zero-order valence-electron chi connectivity index (χ0n) is 12.1. The van der Waals surface area contributed by atoms with Crippen molar-refractivity contribution in [2.24, 2.45) is 5.92 Å². The SMILES string of the molecule is CCCNC(CC(C)CC)c1cc(C)cc(F)c1. The highest BCUT2D eigenvalue weighted by Gasteiger charge is 2.15. The van der Waals surface area contributed by atoms with Crippen LogP contribution in [-0.2, 0) is 0 Å². The Hall–Kier alpha value is -0.890. The van der Waals surface area contributed by atoms with Gasteiger partial charge in [-0.1, -0.05) is 33.3 Å². The van der Waals surface area contributed by atoms with Crippen LogP contribution in [0.25, 0.3) is 0 Å². The molecule has 2 atom stereocenters. The zero-order valence-corrected chi connectivity index (χ0v) is 12.1. The Kier molecular flexibility index (Phi) is 6.34. The summed E-state index contributed by atoms with van der Waals surface area (Å²) in [6.07, 6.45) is 3.34. The van der Waals surface area contributed by atoms with Gasteiger partial charge >= 0.3 is 0 Å². The summed E-state index contributed by atoms with van der Waals surface area (Å²) in [5.41, 5.74) is 2.08. The van der Waals surface area contributed by atoms with E-state index in [0.717, 1.165) is 30.5 Å². The maximum Gasteiger partial charge on any atom is 0.123 e. The Balaban J connectivity index is 2.85. The lowest BCUT2D eigenvalue weighted by molar-refractivity contribution is 0.401. The Morgan fingerprint density at radius 2 is 1.94 bits per heavy atom. The fourth-order valence-electron chi connectivity index (χ4n) is 2.19. The largest absolute Gasteiger partial charge is 0.310 e. The minimum atomic E-state index is -0.127. The number of hydrogen-bond donors (Lipinski definition) is 1. The molecule has 0 spiro atoms. The average Bonchev–Trinajstić information content (AvgIpc) is 2.32. The molecule has 1 aromatic rings. The van der Waals surface area contributed by atoms with Gasteiger partial charge in [-0.2, -0.15) is 0 Å². The van der Waals surface area contributed by atoms with Gasteiger partial charge in [-0.15, -0.1) is 0 Å². The summed E-state index contributed by atoms with van der Waals surface area (Å²) in [5, 5.41) is 3.54. The normalized spacial score (nSPS) is 14.5. The summed E-state index contributed by atoms with van der Waals surface area (Å²) in [6, 6.07) is 5.62. The van der Waals surface area contributed by atoms with Crippen LogP contribution in [0.5, 0.6) is 0 Å². The molecular formula is C16H26FN.